The van der Waals surface area contributed by atoms with E-state index in [-0.39, 0.29) is 18.0 Å². The monoisotopic (exact) mass is 331 g/mol. The minimum absolute atomic E-state index is 0.116. The van der Waals surface area contributed by atoms with E-state index in [4.69, 9.17) is 16.3 Å². The Morgan fingerprint density at radius 2 is 2.09 bits per heavy atom. The minimum Gasteiger partial charge on any atom is -0.462 e. The first-order chi connectivity index (χ1) is 11.1. The zero-order valence-electron chi connectivity index (χ0n) is 13.0. The summed E-state index contributed by atoms with van der Waals surface area (Å²) in [5, 5.41) is 3.04. The Hall–Kier alpha value is -2.40. The van der Waals surface area contributed by atoms with E-state index in [0.717, 1.165) is 5.56 Å². The second-order valence-corrected chi connectivity index (χ2v) is 5.49. The standard InChI is InChI=1S/C17H18ClN3O2/c1-12(2)23-17(20-11-13-6-5-9-19-10-13)21-16(22)14-7-3-4-8-15(14)18/h3-10,12H,11H2,1-2H3,(H,20,21,22). The fourth-order valence-electron chi connectivity index (χ4n) is 1.79. The first-order valence-corrected chi connectivity index (χ1v) is 7.60. The highest BCUT2D eigenvalue weighted by Gasteiger charge is 2.13. The lowest BCUT2D eigenvalue weighted by Crippen LogP contribution is -2.34. The molecule has 0 unspecified atom stereocenters. The summed E-state index contributed by atoms with van der Waals surface area (Å²) < 4.78 is 5.56. The molecule has 0 saturated heterocycles. The van der Waals surface area contributed by atoms with Crippen LogP contribution in [0.4, 0.5) is 0 Å². The fourth-order valence-corrected chi connectivity index (χ4v) is 2.02. The Labute approximate surface area is 140 Å². The molecule has 0 saturated carbocycles. The van der Waals surface area contributed by atoms with E-state index in [2.05, 4.69) is 15.3 Å². The number of nitrogens with one attached hydrogen (secondary N) is 1. The molecule has 1 amide bonds. The van der Waals surface area contributed by atoms with Gasteiger partial charge < -0.3 is 4.74 Å². The van der Waals surface area contributed by atoms with Gasteiger partial charge in [0.1, 0.15) is 0 Å². The number of carbonyl (C=O) groups excluding carboxylic acids is 1. The second kappa shape index (κ2) is 8.29. The highest BCUT2D eigenvalue weighted by Crippen LogP contribution is 2.14. The van der Waals surface area contributed by atoms with Gasteiger partial charge in [0.25, 0.3) is 11.9 Å². The first-order valence-electron chi connectivity index (χ1n) is 7.22. The normalized spacial score (nSPS) is 11.4. The summed E-state index contributed by atoms with van der Waals surface area (Å²) in [6, 6.07) is 10.7. The predicted octanol–water partition coefficient (Wildman–Crippen LogP) is 3.45. The number of aliphatic imine (C=N–C) groups is 1. The number of hydrogen-bond acceptors (Lipinski definition) is 4. The van der Waals surface area contributed by atoms with Crippen LogP contribution in [0.15, 0.2) is 53.8 Å². The average Bonchev–Trinajstić information content (AvgIpc) is 2.53. The number of pyridine rings is 1. The Morgan fingerprint density at radius 1 is 1.30 bits per heavy atom. The van der Waals surface area contributed by atoms with E-state index >= 15 is 0 Å². The zero-order valence-corrected chi connectivity index (χ0v) is 13.7. The number of benzene rings is 1. The molecule has 1 heterocycles. The van der Waals surface area contributed by atoms with Crippen LogP contribution in [0.5, 0.6) is 0 Å². The molecule has 1 aromatic carbocycles. The van der Waals surface area contributed by atoms with Crippen LogP contribution >= 0.6 is 11.6 Å². The van der Waals surface area contributed by atoms with Crippen molar-refractivity contribution in [3.63, 3.8) is 0 Å². The Kier molecular flexibility index (Phi) is 6.11. The molecule has 6 heteroatoms. The topological polar surface area (TPSA) is 63.6 Å². The number of nitrogens with zero attached hydrogens (tertiary/aromatic N) is 2. The van der Waals surface area contributed by atoms with Crippen molar-refractivity contribution in [1.29, 1.82) is 0 Å². The van der Waals surface area contributed by atoms with Crippen LogP contribution in [0.25, 0.3) is 0 Å². The second-order valence-electron chi connectivity index (χ2n) is 5.08. The molecule has 0 aliphatic heterocycles. The largest absolute Gasteiger partial charge is 0.462 e. The third-order valence-electron chi connectivity index (χ3n) is 2.81. The van der Waals surface area contributed by atoms with E-state index in [0.29, 0.717) is 17.1 Å². The predicted molar refractivity (Wildman–Crippen MR) is 90.5 cm³/mol. The summed E-state index contributed by atoms with van der Waals surface area (Å²) in [7, 11) is 0. The van der Waals surface area contributed by atoms with Gasteiger partial charge in [0.15, 0.2) is 0 Å². The smallest absolute Gasteiger partial charge is 0.292 e. The van der Waals surface area contributed by atoms with Gasteiger partial charge in [-0.1, -0.05) is 29.8 Å². The lowest BCUT2D eigenvalue weighted by atomic mass is 10.2. The summed E-state index contributed by atoms with van der Waals surface area (Å²) in [5.41, 5.74) is 1.29. The molecule has 0 fully saturated rings. The summed E-state index contributed by atoms with van der Waals surface area (Å²) in [6.07, 6.45) is 3.29. The Morgan fingerprint density at radius 3 is 2.74 bits per heavy atom. The van der Waals surface area contributed by atoms with Crippen LogP contribution in [-0.2, 0) is 11.3 Å². The number of halogens is 1. The molecule has 1 N–H and O–H groups in total. The third kappa shape index (κ3) is 5.38. The summed E-state index contributed by atoms with van der Waals surface area (Å²) in [4.78, 5) is 20.6. The van der Waals surface area contributed by atoms with Gasteiger partial charge in [-0.2, -0.15) is 0 Å². The number of aromatic nitrogens is 1. The number of amides is 1. The van der Waals surface area contributed by atoms with Gasteiger partial charge in [0.05, 0.1) is 23.2 Å². The molecule has 0 spiro atoms. The van der Waals surface area contributed by atoms with Crippen molar-refractivity contribution in [2.45, 2.75) is 26.5 Å². The lowest BCUT2D eigenvalue weighted by molar-refractivity contribution is 0.0960. The van der Waals surface area contributed by atoms with Crippen molar-refractivity contribution in [1.82, 2.24) is 10.3 Å². The van der Waals surface area contributed by atoms with Crippen LogP contribution in [0.3, 0.4) is 0 Å². The summed E-state index contributed by atoms with van der Waals surface area (Å²) in [5.74, 6) is -0.360. The van der Waals surface area contributed by atoms with Crippen molar-refractivity contribution in [3.05, 3.63) is 64.9 Å². The maximum Gasteiger partial charge on any atom is 0.292 e. The average molecular weight is 332 g/mol. The molecule has 2 aromatic rings. The molecule has 5 nitrogen and oxygen atoms in total. The molecule has 0 aliphatic carbocycles. The minimum atomic E-state index is -0.360. The number of hydrogen-bond donors (Lipinski definition) is 1. The zero-order chi connectivity index (χ0) is 16.7. The number of rotatable bonds is 4. The van der Waals surface area contributed by atoms with E-state index in [9.17, 15) is 4.79 Å². The van der Waals surface area contributed by atoms with E-state index < -0.39 is 0 Å². The van der Waals surface area contributed by atoms with Crippen molar-refractivity contribution < 1.29 is 9.53 Å². The van der Waals surface area contributed by atoms with Crippen molar-refractivity contribution in [2.75, 3.05) is 0 Å². The van der Waals surface area contributed by atoms with Gasteiger partial charge in [0, 0.05) is 12.4 Å². The third-order valence-corrected chi connectivity index (χ3v) is 3.14. The molecule has 23 heavy (non-hydrogen) atoms. The highest BCUT2D eigenvalue weighted by molar-refractivity contribution is 6.34. The van der Waals surface area contributed by atoms with Crippen LogP contribution in [0, 0.1) is 0 Å². The molecule has 0 bridgehead atoms. The first kappa shape index (κ1) is 17.0. The SMILES string of the molecule is CC(C)OC(=NCc1cccnc1)NC(=O)c1ccccc1Cl. The maximum absolute atomic E-state index is 12.3. The van der Waals surface area contributed by atoms with Crippen molar-refractivity contribution >= 4 is 23.5 Å². The van der Waals surface area contributed by atoms with Gasteiger partial charge in [-0.05, 0) is 37.6 Å². The lowest BCUT2D eigenvalue weighted by Gasteiger charge is -2.14. The van der Waals surface area contributed by atoms with Gasteiger partial charge in [-0.15, -0.1) is 0 Å². The van der Waals surface area contributed by atoms with Gasteiger partial charge in [-0.25, -0.2) is 4.99 Å². The number of carbonyl (C=O) groups is 1. The maximum atomic E-state index is 12.3. The number of ether oxygens (including phenoxy) is 1. The summed E-state index contributed by atoms with van der Waals surface area (Å²) >= 11 is 6.03. The quantitative estimate of drug-likeness (QED) is 0.689. The Bertz CT molecular complexity index is 687. The fraction of sp³-hybridized carbons (Fsp3) is 0.235. The van der Waals surface area contributed by atoms with E-state index in [1.807, 2.05) is 26.0 Å². The van der Waals surface area contributed by atoms with Crippen LogP contribution in [0.1, 0.15) is 29.8 Å². The molecular weight excluding hydrogens is 314 g/mol. The molecule has 2 rings (SSSR count). The van der Waals surface area contributed by atoms with Crippen LogP contribution in [0.2, 0.25) is 5.02 Å². The van der Waals surface area contributed by atoms with Gasteiger partial charge >= 0.3 is 0 Å². The Balaban J connectivity index is 2.12. The van der Waals surface area contributed by atoms with E-state index in [1.165, 1.54) is 0 Å². The van der Waals surface area contributed by atoms with Crippen LogP contribution < -0.4 is 5.32 Å². The molecule has 1 aromatic heterocycles. The number of amidine groups is 1. The van der Waals surface area contributed by atoms with E-state index in [1.54, 1.807) is 36.7 Å². The van der Waals surface area contributed by atoms with Gasteiger partial charge in [-0.3, -0.25) is 15.1 Å². The molecule has 120 valence electrons. The molecule has 0 radical (unpaired) electrons. The van der Waals surface area contributed by atoms with Gasteiger partial charge in [0.2, 0.25) is 0 Å². The molecule has 0 aliphatic rings. The summed E-state index contributed by atoms with van der Waals surface area (Å²) in [6.45, 7) is 4.08. The molecular formula is C17H18ClN3O2. The van der Waals surface area contributed by atoms with Crippen molar-refractivity contribution in [3.8, 4) is 0 Å². The highest BCUT2D eigenvalue weighted by atomic mass is 35.5. The van der Waals surface area contributed by atoms with Crippen molar-refractivity contribution in [2.24, 2.45) is 4.99 Å². The molecule has 0 atom stereocenters. The van der Waals surface area contributed by atoms with Crippen LogP contribution in [-0.4, -0.2) is 23.0 Å².